The third-order valence-corrected chi connectivity index (χ3v) is 5.17. The van der Waals surface area contributed by atoms with Gasteiger partial charge in [0.25, 0.3) is 0 Å². The molecule has 2 saturated heterocycles. The summed E-state index contributed by atoms with van der Waals surface area (Å²) in [5.74, 6) is 1.66. The second-order valence-electron chi connectivity index (χ2n) is 6.96. The molecule has 1 aromatic heterocycles. The second-order valence-corrected chi connectivity index (χ2v) is 6.96. The van der Waals surface area contributed by atoms with E-state index in [0.717, 1.165) is 52.1 Å². The monoisotopic (exact) mass is 335 g/mol. The van der Waals surface area contributed by atoms with Gasteiger partial charge in [0.2, 0.25) is 11.8 Å². The van der Waals surface area contributed by atoms with Crippen LogP contribution in [0.15, 0.2) is 4.52 Å². The Morgan fingerprint density at radius 2 is 1.75 bits per heavy atom. The van der Waals surface area contributed by atoms with Crippen LogP contribution < -0.4 is 0 Å². The van der Waals surface area contributed by atoms with E-state index < -0.39 is 0 Å². The SMILES string of the molecule is Cc1noc(C(C)N2CCN(CC(=O)N3CCCCCC3)CC2)n1. The largest absolute Gasteiger partial charge is 0.342 e. The third-order valence-electron chi connectivity index (χ3n) is 5.17. The van der Waals surface area contributed by atoms with Crippen LogP contribution in [0.5, 0.6) is 0 Å². The molecule has 3 rings (SSSR count). The molecule has 134 valence electrons. The van der Waals surface area contributed by atoms with Gasteiger partial charge in [-0.2, -0.15) is 4.98 Å². The smallest absolute Gasteiger partial charge is 0.243 e. The van der Waals surface area contributed by atoms with E-state index in [0.29, 0.717) is 24.2 Å². The van der Waals surface area contributed by atoms with E-state index in [-0.39, 0.29) is 6.04 Å². The Bertz CT molecular complexity index is 531. The standard InChI is InChI=1S/C17H29N5O2/c1-14(17-18-15(2)19-24-17)21-11-9-20(10-12-21)13-16(23)22-7-5-3-4-6-8-22/h14H,3-13H2,1-2H3. The molecule has 0 saturated carbocycles. The summed E-state index contributed by atoms with van der Waals surface area (Å²) in [6, 6.07) is 0.134. The quantitative estimate of drug-likeness (QED) is 0.830. The Hall–Kier alpha value is -1.47. The van der Waals surface area contributed by atoms with Gasteiger partial charge in [-0.25, -0.2) is 0 Å². The molecule has 1 atom stereocenters. The number of piperazine rings is 1. The number of hydrogen-bond donors (Lipinski definition) is 0. The summed E-state index contributed by atoms with van der Waals surface area (Å²) in [5, 5.41) is 3.87. The van der Waals surface area contributed by atoms with Crippen molar-refractivity contribution in [3.05, 3.63) is 11.7 Å². The molecule has 2 aliphatic heterocycles. The Labute approximate surface area is 144 Å². The average molecular weight is 335 g/mol. The first-order chi connectivity index (χ1) is 11.6. The Morgan fingerprint density at radius 1 is 1.08 bits per heavy atom. The third kappa shape index (κ3) is 4.33. The van der Waals surface area contributed by atoms with Crippen LogP contribution in [0.1, 0.15) is 50.4 Å². The molecule has 0 spiro atoms. The molecule has 0 aromatic carbocycles. The van der Waals surface area contributed by atoms with E-state index in [1.807, 2.05) is 6.92 Å². The fourth-order valence-corrected chi connectivity index (χ4v) is 3.56. The highest BCUT2D eigenvalue weighted by Crippen LogP contribution is 2.20. The molecule has 3 heterocycles. The first-order valence-corrected chi connectivity index (χ1v) is 9.18. The maximum atomic E-state index is 12.5. The van der Waals surface area contributed by atoms with Crippen LogP contribution in [-0.2, 0) is 4.79 Å². The Balaban J connectivity index is 1.45. The van der Waals surface area contributed by atoms with Gasteiger partial charge in [0.15, 0.2) is 5.82 Å². The van der Waals surface area contributed by atoms with Gasteiger partial charge >= 0.3 is 0 Å². The zero-order valence-electron chi connectivity index (χ0n) is 14.9. The lowest BCUT2D eigenvalue weighted by atomic mass is 10.2. The van der Waals surface area contributed by atoms with Gasteiger partial charge in [-0.05, 0) is 26.7 Å². The second kappa shape index (κ2) is 8.07. The lowest BCUT2D eigenvalue weighted by molar-refractivity contribution is -0.132. The van der Waals surface area contributed by atoms with Crippen molar-refractivity contribution in [3.8, 4) is 0 Å². The van der Waals surface area contributed by atoms with E-state index in [9.17, 15) is 4.79 Å². The number of carbonyl (C=O) groups excluding carboxylic acids is 1. The van der Waals surface area contributed by atoms with Gasteiger partial charge in [0, 0.05) is 39.3 Å². The fraction of sp³-hybridized carbons (Fsp3) is 0.824. The van der Waals surface area contributed by atoms with Crippen LogP contribution >= 0.6 is 0 Å². The van der Waals surface area contributed by atoms with Crippen LogP contribution in [-0.4, -0.2) is 76.6 Å². The van der Waals surface area contributed by atoms with Crippen molar-refractivity contribution in [2.45, 2.75) is 45.6 Å². The van der Waals surface area contributed by atoms with E-state index in [1.165, 1.54) is 12.8 Å². The average Bonchev–Trinajstić information content (AvgIpc) is 2.85. The molecular formula is C17H29N5O2. The van der Waals surface area contributed by atoms with E-state index >= 15 is 0 Å². The van der Waals surface area contributed by atoms with E-state index in [2.05, 4.69) is 31.8 Å². The number of rotatable bonds is 4. The van der Waals surface area contributed by atoms with Gasteiger partial charge in [0.1, 0.15) is 0 Å². The summed E-state index contributed by atoms with van der Waals surface area (Å²) >= 11 is 0. The number of carbonyl (C=O) groups is 1. The van der Waals surface area contributed by atoms with Gasteiger partial charge in [0.05, 0.1) is 12.6 Å². The molecule has 24 heavy (non-hydrogen) atoms. The molecule has 1 unspecified atom stereocenters. The summed E-state index contributed by atoms with van der Waals surface area (Å²) in [6.45, 7) is 10.1. The number of likely N-dealkylation sites (tertiary alicyclic amines) is 1. The van der Waals surface area contributed by atoms with Crippen LogP contribution in [0.25, 0.3) is 0 Å². The van der Waals surface area contributed by atoms with Gasteiger partial charge < -0.3 is 9.42 Å². The highest BCUT2D eigenvalue weighted by atomic mass is 16.5. The number of hydrogen-bond acceptors (Lipinski definition) is 6. The lowest BCUT2D eigenvalue weighted by Crippen LogP contribution is -2.50. The summed E-state index contributed by atoms with van der Waals surface area (Å²) in [5.41, 5.74) is 0. The van der Waals surface area contributed by atoms with E-state index in [1.54, 1.807) is 0 Å². The Kier molecular flexibility index (Phi) is 5.84. The zero-order valence-corrected chi connectivity index (χ0v) is 14.9. The topological polar surface area (TPSA) is 65.7 Å². The van der Waals surface area contributed by atoms with Crippen molar-refractivity contribution in [1.29, 1.82) is 0 Å². The maximum absolute atomic E-state index is 12.5. The molecule has 0 radical (unpaired) electrons. The first kappa shape index (κ1) is 17.4. The molecule has 1 aromatic rings. The van der Waals surface area contributed by atoms with Crippen LogP contribution in [0, 0.1) is 6.92 Å². The zero-order chi connectivity index (χ0) is 16.9. The van der Waals surface area contributed by atoms with Crippen molar-refractivity contribution in [2.75, 3.05) is 45.8 Å². The molecule has 7 nitrogen and oxygen atoms in total. The maximum Gasteiger partial charge on any atom is 0.243 e. The molecule has 7 heteroatoms. The van der Waals surface area contributed by atoms with Crippen molar-refractivity contribution >= 4 is 5.91 Å². The minimum absolute atomic E-state index is 0.134. The van der Waals surface area contributed by atoms with Crippen LogP contribution in [0.3, 0.4) is 0 Å². The van der Waals surface area contributed by atoms with Crippen molar-refractivity contribution < 1.29 is 9.32 Å². The summed E-state index contributed by atoms with van der Waals surface area (Å²) in [7, 11) is 0. The molecule has 1 amide bonds. The molecule has 0 bridgehead atoms. The summed E-state index contributed by atoms with van der Waals surface area (Å²) in [6.07, 6.45) is 4.83. The highest BCUT2D eigenvalue weighted by Gasteiger charge is 2.27. The number of aryl methyl sites for hydroxylation is 1. The molecule has 0 N–H and O–H groups in total. The molecular weight excluding hydrogens is 306 g/mol. The predicted molar refractivity (Wildman–Crippen MR) is 90.5 cm³/mol. The van der Waals surface area contributed by atoms with Gasteiger partial charge in [-0.15, -0.1) is 0 Å². The number of amides is 1. The fourth-order valence-electron chi connectivity index (χ4n) is 3.56. The predicted octanol–water partition coefficient (Wildman–Crippen LogP) is 1.46. The highest BCUT2D eigenvalue weighted by molar-refractivity contribution is 5.78. The Morgan fingerprint density at radius 3 is 2.33 bits per heavy atom. The first-order valence-electron chi connectivity index (χ1n) is 9.18. The number of nitrogens with zero attached hydrogens (tertiary/aromatic N) is 5. The number of aromatic nitrogens is 2. The van der Waals surface area contributed by atoms with E-state index in [4.69, 9.17) is 4.52 Å². The van der Waals surface area contributed by atoms with Gasteiger partial charge in [-0.3, -0.25) is 14.6 Å². The van der Waals surface area contributed by atoms with Crippen LogP contribution in [0.4, 0.5) is 0 Å². The van der Waals surface area contributed by atoms with Crippen molar-refractivity contribution in [3.63, 3.8) is 0 Å². The van der Waals surface area contributed by atoms with Crippen molar-refractivity contribution in [2.24, 2.45) is 0 Å². The van der Waals surface area contributed by atoms with Gasteiger partial charge in [-0.1, -0.05) is 18.0 Å². The normalized spacial score (nSPS) is 22.3. The molecule has 0 aliphatic carbocycles. The minimum atomic E-state index is 0.134. The summed E-state index contributed by atoms with van der Waals surface area (Å²) < 4.78 is 5.28. The summed E-state index contributed by atoms with van der Waals surface area (Å²) in [4.78, 5) is 23.5. The lowest BCUT2D eigenvalue weighted by Gasteiger charge is -2.37. The van der Waals surface area contributed by atoms with Crippen molar-refractivity contribution in [1.82, 2.24) is 24.8 Å². The molecule has 2 fully saturated rings. The molecule has 2 aliphatic rings. The van der Waals surface area contributed by atoms with Crippen LogP contribution in [0.2, 0.25) is 0 Å². The minimum Gasteiger partial charge on any atom is -0.342 e.